The lowest BCUT2D eigenvalue weighted by molar-refractivity contribution is 0.00182. The number of benzene rings is 1. The van der Waals surface area contributed by atoms with Crippen molar-refractivity contribution in [3.8, 4) is 11.3 Å². The smallest absolute Gasteiger partial charge is 0.126 e. The average molecular weight is 352 g/mol. The van der Waals surface area contributed by atoms with E-state index >= 15 is 0 Å². The predicted octanol–water partition coefficient (Wildman–Crippen LogP) is 2.69. The molecule has 1 aromatic heterocycles. The maximum absolute atomic E-state index is 9.60. The van der Waals surface area contributed by atoms with Crippen LogP contribution in [0.5, 0.6) is 0 Å². The van der Waals surface area contributed by atoms with Gasteiger partial charge >= 0.3 is 0 Å². The Morgan fingerprint density at radius 3 is 2.58 bits per heavy atom. The van der Waals surface area contributed by atoms with Gasteiger partial charge in [-0.2, -0.15) is 0 Å². The summed E-state index contributed by atoms with van der Waals surface area (Å²) in [4.78, 5) is 14.0. The first-order valence-electron chi connectivity index (χ1n) is 9.53. The largest absolute Gasteiger partial charge is 0.395 e. The van der Waals surface area contributed by atoms with Gasteiger partial charge in [0.2, 0.25) is 0 Å². The zero-order valence-electron chi connectivity index (χ0n) is 15.9. The van der Waals surface area contributed by atoms with Crippen LogP contribution in [0.4, 0.5) is 5.69 Å². The second-order valence-electron chi connectivity index (χ2n) is 7.89. The predicted molar refractivity (Wildman–Crippen MR) is 104 cm³/mol. The molecular formula is C21H28N4O. The van der Waals surface area contributed by atoms with Crippen molar-refractivity contribution in [2.24, 2.45) is 5.92 Å². The van der Waals surface area contributed by atoms with Crippen molar-refractivity contribution in [1.29, 1.82) is 0 Å². The molecule has 4 heterocycles. The SMILES string of the molecule is Cc1nc(-c2ccc(N(C)C)cc2)cc([C@H]2CN3CC[C@H]2C[C@@H]3CO)n1. The molecule has 2 aromatic rings. The number of nitrogens with zero attached hydrogens (tertiary/aromatic N) is 4. The molecule has 2 bridgehead atoms. The van der Waals surface area contributed by atoms with E-state index in [1.54, 1.807) is 0 Å². The molecule has 1 N–H and O–H groups in total. The maximum atomic E-state index is 9.60. The van der Waals surface area contributed by atoms with Crippen molar-refractivity contribution < 1.29 is 5.11 Å². The molecule has 3 aliphatic rings. The highest BCUT2D eigenvalue weighted by Crippen LogP contribution is 2.41. The van der Waals surface area contributed by atoms with Gasteiger partial charge in [0.15, 0.2) is 0 Å². The van der Waals surface area contributed by atoms with E-state index in [9.17, 15) is 5.11 Å². The number of fused-ring (bicyclic) bond motifs is 3. The summed E-state index contributed by atoms with van der Waals surface area (Å²) < 4.78 is 0. The Balaban J connectivity index is 1.63. The first-order valence-corrected chi connectivity index (χ1v) is 9.53. The molecule has 1 aromatic carbocycles. The third kappa shape index (κ3) is 3.21. The van der Waals surface area contributed by atoms with Crippen molar-refractivity contribution >= 4 is 5.69 Å². The number of hydrogen-bond donors (Lipinski definition) is 1. The molecule has 3 saturated heterocycles. The van der Waals surface area contributed by atoms with Gasteiger partial charge in [-0.05, 0) is 50.4 Å². The second kappa shape index (κ2) is 6.97. The highest BCUT2D eigenvalue weighted by Gasteiger charge is 2.41. The zero-order chi connectivity index (χ0) is 18.3. The molecule has 138 valence electrons. The summed E-state index contributed by atoms with van der Waals surface area (Å²) in [5.41, 5.74) is 4.49. The van der Waals surface area contributed by atoms with Crippen LogP contribution in [0.3, 0.4) is 0 Å². The average Bonchev–Trinajstić information content (AvgIpc) is 2.67. The van der Waals surface area contributed by atoms with Crippen molar-refractivity contribution in [1.82, 2.24) is 14.9 Å². The van der Waals surface area contributed by atoms with E-state index in [-0.39, 0.29) is 6.61 Å². The summed E-state index contributed by atoms with van der Waals surface area (Å²) in [5, 5.41) is 9.60. The zero-order valence-corrected chi connectivity index (χ0v) is 15.9. The van der Waals surface area contributed by atoms with E-state index in [1.165, 1.54) is 12.1 Å². The van der Waals surface area contributed by atoms with Crippen LogP contribution in [-0.2, 0) is 0 Å². The van der Waals surface area contributed by atoms with Gasteiger partial charge in [-0.3, -0.25) is 4.90 Å². The summed E-state index contributed by atoms with van der Waals surface area (Å²) in [6.07, 6.45) is 2.29. The van der Waals surface area contributed by atoms with E-state index < -0.39 is 0 Å². The maximum Gasteiger partial charge on any atom is 0.126 e. The molecule has 0 spiro atoms. The minimum absolute atomic E-state index is 0.273. The van der Waals surface area contributed by atoms with Gasteiger partial charge in [0.25, 0.3) is 0 Å². The first kappa shape index (κ1) is 17.4. The summed E-state index contributed by atoms with van der Waals surface area (Å²) in [5.74, 6) is 1.91. The van der Waals surface area contributed by atoms with Crippen LogP contribution in [0.15, 0.2) is 30.3 Å². The first-order chi connectivity index (χ1) is 12.5. The van der Waals surface area contributed by atoms with Crippen molar-refractivity contribution in [2.45, 2.75) is 31.7 Å². The molecule has 5 heteroatoms. The van der Waals surface area contributed by atoms with Crippen LogP contribution in [-0.4, -0.2) is 59.8 Å². The fourth-order valence-corrected chi connectivity index (χ4v) is 4.52. The van der Waals surface area contributed by atoms with Crippen molar-refractivity contribution in [3.05, 3.63) is 41.9 Å². The topological polar surface area (TPSA) is 52.5 Å². The Hall–Kier alpha value is -1.98. The van der Waals surface area contributed by atoms with Crippen LogP contribution in [0.1, 0.15) is 30.3 Å². The fourth-order valence-electron chi connectivity index (χ4n) is 4.52. The van der Waals surface area contributed by atoms with Crippen LogP contribution < -0.4 is 4.90 Å². The molecule has 0 saturated carbocycles. The molecule has 3 aliphatic heterocycles. The number of aliphatic hydroxyl groups excluding tert-OH is 1. The molecule has 0 aliphatic carbocycles. The summed E-state index contributed by atoms with van der Waals surface area (Å²) in [6, 6.07) is 11.1. The van der Waals surface area contributed by atoms with Gasteiger partial charge < -0.3 is 10.0 Å². The van der Waals surface area contributed by atoms with Gasteiger partial charge in [0.1, 0.15) is 5.82 Å². The third-order valence-electron chi connectivity index (χ3n) is 6.01. The Morgan fingerprint density at radius 1 is 1.19 bits per heavy atom. The number of hydrogen-bond acceptors (Lipinski definition) is 5. The van der Waals surface area contributed by atoms with Gasteiger partial charge in [0.05, 0.1) is 12.3 Å². The van der Waals surface area contributed by atoms with E-state index in [4.69, 9.17) is 4.98 Å². The second-order valence-corrected chi connectivity index (χ2v) is 7.89. The Morgan fingerprint density at radius 2 is 1.96 bits per heavy atom. The number of aromatic nitrogens is 2. The minimum atomic E-state index is 0.273. The van der Waals surface area contributed by atoms with Crippen LogP contribution in [0.25, 0.3) is 11.3 Å². The summed E-state index contributed by atoms with van der Waals surface area (Å²) in [7, 11) is 4.10. The molecule has 26 heavy (non-hydrogen) atoms. The highest BCUT2D eigenvalue weighted by molar-refractivity contribution is 5.63. The number of aryl methyl sites for hydroxylation is 1. The molecule has 0 radical (unpaired) electrons. The number of piperidine rings is 3. The molecule has 5 rings (SSSR count). The Kier molecular flexibility index (Phi) is 4.67. The Labute approximate surface area is 155 Å². The highest BCUT2D eigenvalue weighted by atomic mass is 16.3. The van der Waals surface area contributed by atoms with Crippen LogP contribution in [0, 0.1) is 12.8 Å². The lowest BCUT2D eigenvalue weighted by Crippen LogP contribution is -2.53. The number of rotatable bonds is 4. The van der Waals surface area contributed by atoms with E-state index in [2.05, 4.69) is 59.2 Å². The number of anilines is 1. The van der Waals surface area contributed by atoms with Crippen molar-refractivity contribution in [2.75, 3.05) is 38.7 Å². The van der Waals surface area contributed by atoms with Gasteiger partial charge in [0, 0.05) is 49.5 Å². The van der Waals surface area contributed by atoms with E-state index in [1.807, 2.05) is 6.92 Å². The lowest BCUT2D eigenvalue weighted by Gasteiger charge is -2.49. The monoisotopic (exact) mass is 352 g/mol. The van der Waals surface area contributed by atoms with Crippen LogP contribution in [0.2, 0.25) is 0 Å². The number of aliphatic hydroxyl groups is 1. The van der Waals surface area contributed by atoms with E-state index in [0.717, 1.165) is 42.3 Å². The van der Waals surface area contributed by atoms with Crippen LogP contribution >= 0.6 is 0 Å². The van der Waals surface area contributed by atoms with Gasteiger partial charge in [-0.25, -0.2) is 9.97 Å². The quantitative estimate of drug-likeness (QED) is 0.917. The molecule has 0 amide bonds. The molecule has 4 atom stereocenters. The van der Waals surface area contributed by atoms with Crippen molar-refractivity contribution in [3.63, 3.8) is 0 Å². The lowest BCUT2D eigenvalue weighted by atomic mass is 9.74. The van der Waals surface area contributed by atoms with Gasteiger partial charge in [-0.15, -0.1) is 0 Å². The molecule has 5 nitrogen and oxygen atoms in total. The summed E-state index contributed by atoms with van der Waals surface area (Å²) in [6.45, 7) is 4.37. The van der Waals surface area contributed by atoms with Gasteiger partial charge in [-0.1, -0.05) is 12.1 Å². The normalized spacial score (nSPS) is 27.5. The standard InChI is InChI=1S/C21H28N4O/c1-14-22-20(15-4-6-17(7-5-15)24(2)3)11-21(23-14)19-12-25-9-8-16(19)10-18(25)13-26/h4-7,11,16,18-19,26H,8-10,12-13H2,1-3H3/t16-,18+,19-/m0/s1. The molecule has 1 unspecified atom stereocenters. The summed E-state index contributed by atoms with van der Waals surface area (Å²) >= 11 is 0. The molecular weight excluding hydrogens is 324 g/mol. The van der Waals surface area contributed by atoms with E-state index in [0.29, 0.717) is 17.9 Å². The minimum Gasteiger partial charge on any atom is -0.395 e. The molecule has 3 fully saturated rings. The Bertz CT molecular complexity index is 774. The third-order valence-corrected chi connectivity index (χ3v) is 6.01. The fraction of sp³-hybridized carbons (Fsp3) is 0.524.